The van der Waals surface area contributed by atoms with Crippen molar-refractivity contribution >= 4 is 5.82 Å². The molecule has 1 aliphatic heterocycles. The van der Waals surface area contributed by atoms with E-state index in [9.17, 15) is 0 Å². The first kappa shape index (κ1) is 12.2. The lowest BCUT2D eigenvalue weighted by molar-refractivity contribution is 0.718. The molecule has 2 heterocycles. The lowest BCUT2D eigenvalue weighted by Crippen LogP contribution is -2.30. The molecule has 0 unspecified atom stereocenters. The van der Waals surface area contributed by atoms with Crippen LogP contribution in [0.2, 0.25) is 0 Å². The number of anilines is 1. The molecule has 0 saturated heterocycles. The Morgan fingerprint density at radius 3 is 2.63 bits per heavy atom. The van der Waals surface area contributed by atoms with Crippen LogP contribution >= 0.6 is 0 Å². The number of aromatic nitrogens is 1. The largest absolute Gasteiger partial charge is 0.352 e. The van der Waals surface area contributed by atoms with E-state index >= 15 is 0 Å². The average Bonchev–Trinajstić information content (AvgIpc) is 2.47. The maximum absolute atomic E-state index is 5.85. The van der Waals surface area contributed by atoms with Crippen molar-refractivity contribution in [3.05, 3.63) is 59.3 Å². The van der Waals surface area contributed by atoms with Gasteiger partial charge in [-0.15, -0.1) is 0 Å². The van der Waals surface area contributed by atoms with Crippen LogP contribution in [0.25, 0.3) is 0 Å². The number of hydrogen-bond donors (Lipinski definition) is 1. The fourth-order valence-electron chi connectivity index (χ4n) is 2.55. The molecule has 0 aliphatic carbocycles. The summed E-state index contributed by atoms with van der Waals surface area (Å²) >= 11 is 0. The van der Waals surface area contributed by atoms with Crippen molar-refractivity contribution in [2.75, 3.05) is 11.4 Å². The summed E-state index contributed by atoms with van der Waals surface area (Å²) < 4.78 is 0. The van der Waals surface area contributed by atoms with Gasteiger partial charge in [0.05, 0.1) is 0 Å². The third-order valence-corrected chi connectivity index (χ3v) is 3.75. The summed E-state index contributed by atoms with van der Waals surface area (Å²) in [5.74, 6) is 1.04. The monoisotopic (exact) mass is 253 g/mol. The Hall–Kier alpha value is -1.87. The molecule has 0 fully saturated rings. The number of benzene rings is 1. The van der Waals surface area contributed by atoms with Crippen molar-refractivity contribution < 1.29 is 0 Å². The highest BCUT2D eigenvalue weighted by Gasteiger charge is 2.16. The van der Waals surface area contributed by atoms with Gasteiger partial charge in [-0.25, -0.2) is 4.98 Å². The van der Waals surface area contributed by atoms with E-state index in [1.165, 1.54) is 11.1 Å². The summed E-state index contributed by atoms with van der Waals surface area (Å²) in [5, 5.41) is 0. The van der Waals surface area contributed by atoms with Crippen LogP contribution in [0.15, 0.2) is 42.6 Å². The Morgan fingerprint density at radius 2 is 1.95 bits per heavy atom. The van der Waals surface area contributed by atoms with Crippen LogP contribution < -0.4 is 10.6 Å². The van der Waals surface area contributed by atoms with E-state index in [4.69, 9.17) is 5.73 Å². The Morgan fingerprint density at radius 1 is 1.16 bits per heavy atom. The Labute approximate surface area is 114 Å². The van der Waals surface area contributed by atoms with Gasteiger partial charge in [0.2, 0.25) is 0 Å². The van der Waals surface area contributed by atoms with Gasteiger partial charge >= 0.3 is 0 Å². The molecule has 2 aromatic rings. The zero-order valence-electron chi connectivity index (χ0n) is 11.2. The van der Waals surface area contributed by atoms with Gasteiger partial charge in [0.15, 0.2) is 0 Å². The molecule has 1 aliphatic rings. The summed E-state index contributed by atoms with van der Waals surface area (Å²) in [7, 11) is 0. The number of hydrogen-bond acceptors (Lipinski definition) is 3. The van der Waals surface area contributed by atoms with Crippen LogP contribution in [0, 0.1) is 0 Å². The van der Waals surface area contributed by atoms with E-state index in [0.717, 1.165) is 30.9 Å². The summed E-state index contributed by atoms with van der Waals surface area (Å²) in [6.45, 7) is 3.95. The van der Waals surface area contributed by atoms with Crippen LogP contribution in [0.3, 0.4) is 0 Å². The number of nitrogens with two attached hydrogens (primary N) is 1. The predicted molar refractivity (Wildman–Crippen MR) is 78.0 cm³/mol. The minimum Gasteiger partial charge on any atom is -0.352 e. The molecule has 0 bridgehead atoms. The number of nitrogens with zero attached hydrogens (tertiary/aromatic N) is 2. The van der Waals surface area contributed by atoms with Crippen LogP contribution in [0.1, 0.15) is 29.7 Å². The molecule has 0 spiro atoms. The van der Waals surface area contributed by atoms with E-state index in [1.54, 1.807) is 0 Å². The van der Waals surface area contributed by atoms with Crippen LogP contribution in [0.5, 0.6) is 0 Å². The zero-order valence-corrected chi connectivity index (χ0v) is 11.2. The molecule has 1 aromatic carbocycles. The molecule has 0 saturated carbocycles. The quantitative estimate of drug-likeness (QED) is 0.894. The molecule has 0 amide bonds. The fraction of sp³-hybridized carbons (Fsp3) is 0.312. The Bertz CT molecular complexity index is 560. The first-order chi connectivity index (χ1) is 9.24. The standard InChI is InChI=1S/C16H19N3/c1-12(17)14-6-7-16(18-10-14)19-9-8-13-4-2-3-5-15(13)11-19/h2-7,10,12H,8-9,11,17H2,1H3/t12-/m1/s1. The molecule has 98 valence electrons. The molecule has 3 nitrogen and oxygen atoms in total. The first-order valence-corrected chi connectivity index (χ1v) is 6.77. The SMILES string of the molecule is C[C@@H](N)c1ccc(N2CCc3ccccc3C2)nc1. The topological polar surface area (TPSA) is 42.1 Å². The molecule has 1 atom stereocenters. The van der Waals surface area contributed by atoms with Gasteiger partial charge in [-0.2, -0.15) is 0 Å². The summed E-state index contributed by atoms with van der Waals surface area (Å²) in [6.07, 6.45) is 2.98. The van der Waals surface area contributed by atoms with Gasteiger partial charge in [-0.05, 0) is 36.1 Å². The van der Waals surface area contributed by atoms with Gasteiger partial charge in [-0.3, -0.25) is 0 Å². The molecule has 19 heavy (non-hydrogen) atoms. The second kappa shape index (κ2) is 5.02. The van der Waals surface area contributed by atoms with E-state index in [-0.39, 0.29) is 6.04 Å². The van der Waals surface area contributed by atoms with Crippen LogP contribution in [-0.2, 0) is 13.0 Å². The lowest BCUT2D eigenvalue weighted by atomic mass is 10.00. The fourth-order valence-corrected chi connectivity index (χ4v) is 2.55. The third kappa shape index (κ3) is 2.47. The number of rotatable bonds is 2. The highest BCUT2D eigenvalue weighted by molar-refractivity contribution is 5.44. The molecule has 3 rings (SSSR count). The third-order valence-electron chi connectivity index (χ3n) is 3.75. The molecule has 0 radical (unpaired) electrons. The summed E-state index contributed by atoms with van der Waals surface area (Å²) in [4.78, 5) is 6.87. The number of fused-ring (bicyclic) bond motifs is 1. The molecular weight excluding hydrogens is 234 g/mol. The predicted octanol–water partition coefficient (Wildman–Crippen LogP) is 2.66. The van der Waals surface area contributed by atoms with E-state index < -0.39 is 0 Å². The normalized spacial score (nSPS) is 16.0. The first-order valence-electron chi connectivity index (χ1n) is 6.77. The van der Waals surface area contributed by atoms with E-state index in [1.807, 2.05) is 13.1 Å². The van der Waals surface area contributed by atoms with Crippen molar-refractivity contribution in [1.29, 1.82) is 0 Å². The van der Waals surface area contributed by atoms with Crippen molar-refractivity contribution in [2.45, 2.75) is 25.9 Å². The van der Waals surface area contributed by atoms with Gasteiger partial charge in [-0.1, -0.05) is 30.3 Å². The van der Waals surface area contributed by atoms with Crippen molar-refractivity contribution in [2.24, 2.45) is 5.73 Å². The summed E-state index contributed by atoms with van der Waals surface area (Å²) in [5.41, 5.74) is 9.81. The van der Waals surface area contributed by atoms with E-state index in [2.05, 4.69) is 46.3 Å². The van der Waals surface area contributed by atoms with Crippen molar-refractivity contribution in [3.8, 4) is 0 Å². The van der Waals surface area contributed by atoms with E-state index in [0.29, 0.717) is 0 Å². The Kier molecular flexibility index (Phi) is 3.22. The molecule has 2 N–H and O–H groups in total. The average molecular weight is 253 g/mol. The molecule has 3 heteroatoms. The lowest BCUT2D eigenvalue weighted by Gasteiger charge is -2.29. The van der Waals surface area contributed by atoms with Crippen LogP contribution in [0.4, 0.5) is 5.82 Å². The number of pyridine rings is 1. The van der Waals surface area contributed by atoms with Gasteiger partial charge in [0.1, 0.15) is 5.82 Å². The highest BCUT2D eigenvalue weighted by Crippen LogP contribution is 2.23. The molecular formula is C16H19N3. The van der Waals surface area contributed by atoms with Gasteiger partial charge in [0.25, 0.3) is 0 Å². The zero-order chi connectivity index (χ0) is 13.2. The second-order valence-electron chi connectivity index (χ2n) is 5.18. The van der Waals surface area contributed by atoms with Crippen LogP contribution in [-0.4, -0.2) is 11.5 Å². The van der Waals surface area contributed by atoms with Crippen molar-refractivity contribution in [1.82, 2.24) is 4.98 Å². The minimum atomic E-state index is 0.0450. The van der Waals surface area contributed by atoms with Crippen molar-refractivity contribution in [3.63, 3.8) is 0 Å². The van der Waals surface area contributed by atoms with Gasteiger partial charge < -0.3 is 10.6 Å². The van der Waals surface area contributed by atoms with Gasteiger partial charge in [0, 0.05) is 25.3 Å². The summed E-state index contributed by atoms with van der Waals surface area (Å²) in [6, 6.07) is 12.8. The Balaban J connectivity index is 1.81. The highest BCUT2D eigenvalue weighted by atomic mass is 15.2. The minimum absolute atomic E-state index is 0.0450. The molecule has 1 aromatic heterocycles. The smallest absolute Gasteiger partial charge is 0.128 e. The maximum Gasteiger partial charge on any atom is 0.128 e. The maximum atomic E-state index is 5.85. The second-order valence-corrected chi connectivity index (χ2v) is 5.18.